The van der Waals surface area contributed by atoms with E-state index in [0.717, 1.165) is 44.0 Å². The van der Waals surface area contributed by atoms with Gasteiger partial charge in [0.1, 0.15) is 5.82 Å². The molecule has 4 nitrogen and oxygen atoms in total. The predicted molar refractivity (Wildman–Crippen MR) is 62.8 cm³/mol. The van der Waals surface area contributed by atoms with Crippen LogP contribution in [0.3, 0.4) is 0 Å². The smallest absolute Gasteiger partial charge is 0.144 e. The first kappa shape index (κ1) is 11.9. The van der Waals surface area contributed by atoms with Gasteiger partial charge < -0.3 is 10.6 Å². The highest BCUT2D eigenvalue weighted by molar-refractivity contribution is 5.31. The van der Waals surface area contributed by atoms with Crippen LogP contribution in [0.1, 0.15) is 32.4 Å². The Labute approximate surface area is 91.5 Å². The largest absolute Gasteiger partial charge is 0.369 e. The van der Waals surface area contributed by atoms with Crippen LogP contribution < -0.4 is 10.6 Å². The van der Waals surface area contributed by atoms with E-state index in [1.165, 1.54) is 0 Å². The van der Waals surface area contributed by atoms with Crippen molar-refractivity contribution in [1.29, 1.82) is 0 Å². The highest BCUT2D eigenvalue weighted by atomic mass is 15.0. The SMILES string of the molecule is CCCNCc1cncc(NCCC)n1. The standard InChI is InChI=1S/C11H20N4/c1-3-5-12-7-10-8-13-9-11(15-10)14-6-4-2/h8-9,12H,3-7H2,1-2H3,(H,14,15). The zero-order valence-electron chi connectivity index (χ0n) is 9.58. The molecule has 0 fully saturated rings. The highest BCUT2D eigenvalue weighted by Gasteiger charge is 1.97. The summed E-state index contributed by atoms with van der Waals surface area (Å²) in [7, 11) is 0. The second kappa shape index (κ2) is 7.17. The average molecular weight is 208 g/mol. The first-order valence-corrected chi connectivity index (χ1v) is 5.62. The Kier molecular flexibility index (Phi) is 5.70. The van der Waals surface area contributed by atoms with Gasteiger partial charge in [-0.3, -0.25) is 4.98 Å². The third-order valence-electron chi connectivity index (χ3n) is 1.97. The maximum atomic E-state index is 4.45. The van der Waals surface area contributed by atoms with E-state index in [9.17, 15) is 0 Å². The molecule has 0 atom stereocenters. The third-order valence-corrected chi connectivity index (χ3v) is 1.97. The van der Waals surface area contributed by atoms with Gasteiger partial charge in [-0.1, -0.05) is 13.8 Å². The molecule has 84 valence electrons. The van der Waals surface area contributed by atoms with Crippen molar-refractivity contribution in [2.24, 2.45) is 0 Å². The Bertz CT molecular complexity index is 275. The Balaban J connectivity index is 2.42. The van der Waals surface area contributed by atoms with Gasteiger partial charge in [0.15, 0.2) is 0 Å². The zero-order chi connectivity index (χ0) is 10.9. The summed E-state index contributed by atoms with van der Waals surface area (Å²) in [6.07, 6.45) is 5.81. The van der Waals surface area contributed by atoms with Crippen molar-refractivity contribution in [2.45, 2.75) is 33.2 Å². The summed E-state index contributed by atoms with van der Waals surface area (Å²) in [5, 5.41) is 6.53. The summed E-state index contributed by atoms with van der Waals surface area (Å²) in [4.78, 5) is 8.60. The summed E-state index contributed by atoms with van der Waals surface area (Å²) >= 11 is 0. The third kappa shape index (κ3) is 4.74. The normalized spacial score (nSPS) is 10.3. The molecule has 0 radical (unpaired) electrons. The molecule has 1 heterocycles. The monoisotopic (exact) mass is 208 g/mol. The fourth-order valence-corrected chi connectivity index (χ4v) is 1.22. The first-order chi connectivity index (χ1) is 7.36. The minimum absolute atomic E-state index is 0.794. The summed E-state index contributed by atoms with van der Waals surface area (Å²) in [6, 6.07) is 0. The molecule has 1 rings (SSSR count). The van der Waals surface area contributed by atoms with E-state index in [1.807, 2.05) is 0 Å². The molecular formula is C11H20N4. The lowest BCUT2D eigenvalue weighted by Gasteiger charge is -2.06. The summed E-state index contributed by atoms with van der Waals surface area (Å²) in [6.45, 7) is 7.04. The van der Waals surface area contributed by atoms with Gasteiger partial charge in [-0.05, 0) is 19.4 Å². The summed E-state index contributed by atoms with van der Waals surface area (Å²) in [5.41, 5.74) is 0.990. The molecular weight excluding hydrogens is 188 g/mol. The van der Waals surface area contributed by atoms with Crippen molar-refractivity contribution in [2.75, 3.05) is 18.4 Å². The molecule has 0 saturated heterocycles. The van der Waals surface area contributed by atoms with E-state index in [4.69, 9.17) is 0 Å². The van der Waals surface area contributed by atoms with E-state index in [-0.39, 0.29) is 0 Å². The van der Waals surface area contributed by atoms with Crippen molar-refractivity contribution < 1.29 is 0 Å². The van der Waals surface area contributed by atoms with Gasteiger partial charge in [0.2, 0.25) is 0 Å². The Hall–Kier alpha value is -1.16. The molecule has 1 aromatic rings. The highest BCUT2D eigenvalue weighted by Crippen LogP contribution is 2.01. The Morgan fingerprint density at radius 1 is 1.13 bits per heavy atom. The molecule has 0 aliphatic rings. The van der Waals surface area contributed by atoms with Crippen LogP contribution in [-0.4, -0.2) is 23.1 Å². The van der Waals surface area contributed by atoms with Crippen LogP contribution in [0.15, 0.2) is 12.4 Å². The van der Waals surface area contributed by atoms with Crippen LogP contribution in [0.5, 0.6) is 0 Å². The topological polar surface area (TPSA) is 49.8 Å². The van der Waals surface area contributed by atoms with Crippen LogP contribution in [0.2, 0.25) is 0 Å². The molecule has 0 amide bonds. The number of nitrogens with one attached hydrogen (secondary N) is 2. The van der Waals surface area contributed by atoms with Crippen LogP contribution >= 0.6 is 0 Å². The van der Waals surface area contributed by atoms with Crippen molar-refractivity contribution in [1.82, 2.24) is 15.3 Å². The van der Waals surface area contributed by atoms with E-state index in [0.29, 0.717) is 0 Å². The van der Waals surface area contributed by atoms with Crippen molar-refractivity contribution in [3.63, 3.8) is 0 Å². The van der Waals surface area contributed by atoms with Crippen molar-refractivity contribution >= 4 is 5.82 Å². The van der Waals surface area contributed by atoms with Crippen LogP contribution in [0, 0.1) is 0 Å². The van der Waals surface area contributed by atoms with Gasteiger partial charge in [0.25, 0.3) is 0 Å². The van der Waals surface area contributed by atoms with Crippen molar-refractivity contribution in [3.8, 4) is 0 Å². The van der Waals surface area contributed by atoms with Gasteiger partial charge in [0, 0.05) is 19.3 Å². The molecule has 0 spiro atoms. The first-order valence-electron chi connectivity index (χ1n) is 5.62. The maximum absolute atomic E-state index is 4.45. The number of rotatable bonds is 7. The average Bonchev–Trinajstić information content (AvgIpc) is 2.27. The van der Waals surface area contributed by atoms with Gasteiger partial charge in [-0.2, -0.15) is 0 Å². The molecule has 0 unspecified atom stereocenters. The van der Waals surface area contributed by atoms with Crippen LogP contribution in [0.4, 0.5) is 5.82 Å². The molecule has 0 aromatic carbocycles. The number of hydrogen-bond acceptors (Lipinski definition) is 4. The summed E-state index contributed by atoms with van der Waals surface area (Å²) < 4.78 is 0. The Morgan fingerprint density at radius 3 is 2.67 bits per heavy atom. The van der Waals surface area contributed by atoms with Crippen LogP contribution in [0.25, 0.3) is 0 Å². The lowest BCUT2D eigenvalue weighted by atomic mass is 10.4. The maximum Gasteiger partial charge on any atom is 0.144 e. The molecule has 0 bridgehead atoms. The molecule has 0 aliphatic carbocycles. The molecule has 15 heavy (non-hydrogen) atoms. The fourth-order valence-electron chi connectivity index (χ4n) is 1.22. The molecule has 2 N–H and O–H groups in total. The van der Waals surface area contributed by atoms with Gasteiger partial charge in [0.05, 0.1) is 11.9 Å². The minimum atomic E-state index is 0.794. The van der Waals surface area contributed by atoms with Crippen LogP contribution in [-0.2, 0) is 6.54 Å². The Morgan fingerprint density at radius 2 is 1.93 bits per heavy atom. The van der Waals surface area contributed by atoms with E-state index >= 15 is 0 Å². The van der Waals surface area contributed by atoms with E-state index < -0.39 is 0 Å². The summed E-state index contributed by atoms with van der Waals surface area (Å²) in [5.74, 6) is 0.868. The number of hydrogen-bond donors (Lipinski definition) is 2. The second-order valence-corrected chi connectivity index (χ2v) is 3.50. The quantitative estimate of drug-likeness (QED) is 0.671. The minimum Gasteiger partial charge on any atom is -0.369 e. The van der Waals surface area contributed by atoms with Crippen molar-refractivity contribution in [3.05, 3.63) is 18.1 Å². The van der Waals surface area contributed by atoms with Gasteiger partial charge >= 0.3 is 0 Å². The predicted octanol–water partition coefficient (Wildman–Crippen LogP) is 1.80. The van der Waals surface area contributed by atoms with Gasteiger partial charge in [-0.25, -0.2) is 4.98 Å². The van der Waals surface area contributed by atoms with E-state index in [2.05, 4.69) is 34.4 Å². The zero-order valence-corrected chi connectivity index (χ0v) is 9.58. The number of aromatic nitrogens is 2. The number of nitrogens with zero attached hydrogens (tertiary/aromatic N) is 2. The lowest BCUT2D eigenvalue weighted by Crippen LogP contribution is -2.15. The molecule has 4 heteroatoms. The van der Waals surface area contributed by atoms with Gasteiger partial charge in [-0.15, -0.1) is 0 Å². The lowest BCUT2D eigenvalue weighted by molar-refractivity contribution is 0.662. The second-order valence-electron chi connectivity index (χ2n) is 3.50. The molecule has 1 aromatic heterocycles. The molecule has 0 saturated carbocycles. The number of anilines is 1. The molecule has 0 aliphatic heterocycles. The van der Waals surface area contributed by atoms with E-state index in [1.54, 1.807) is 12.4 Å². The fraction of sp³-hybridized carbons (Fsp3) is 0.636.